The Labute approximate surface area is 120 Å². The number of nitrogens with zero attached hydrogens (tertiary/aromatic N) is 1. The van der Waals surface area contributed by atoms with Crippen molar-refractivity contribution >= 4 is 21.4 Å². The van der Waals surface area contributed by atoms with Crippen LogP contribution in [0.3, 0.4) is 0 Å². The summed E-state index contributed by atoms with van der Waals surface area (Å²) in [6, 6.07) is 2.32. The second kappa shape index (κ2) is 5.76. The number of rotatable bonds is 3. The van der Waals surface area contributed by atoms with Crippen molar-refractivity contribution < 1.29 is 22.5 Å². The monoisotopic (exact) mass is 316 g/mol. The molecule has 0 unspecified atom stereocenters. The van der Waals surface area contributed by atoms with Crippen LogP contribution in [-0.4, -0.2) is 36.8 Å². The first-order chi connectivity index (χ1) is 9.78. The third-order valence-electron chi connectivity index (χ3n) is 3.30. The van der Waals surface area contributed by atoms with Gasteiger partial charge >= 0.3 is 0 Å². The Balaban J connectivity index is 2.10. The van der Waals surface area contributed by atoms with E-state index in [0.29, 0.717) is 0 Å². The Kier molecular flexibility index (Phi) is 4.21. The zero-order valence-electron chi connectivity index (χ0n) is 10.9. The molecule has 1 fully saturated rings. The van der Waals surface area contributed by atoms with Crippen LogP contribution >= 0.6 is 0 Å². The quantitative estimate of drug-likeness (QED) is 0.662. The predicted molar refractivity (Wildman–Crippen MR) is 72.2 cm³/mol. The molecule has 2 rings (SSSR count). The van der Waals surface area contributed by atoms with Gasteiger partial charge in [-0.1, -0.05) is 0 Å². The summed E-state index contributed by atoms with van der Waals surface area (Å²) in [6.07, 6.45) is 0.509. The van der Waals surface area contributed by atoms with Gasteiger partial charge in [0.05, 0.1) is 22.0 Å². The Morgan fingerprint density at radius 2 is 1.95 bits per heavy atom. The molecule has 0 spiro atoms. The van der Waals surface area contributed by atoms with Gasteiger partial charge < -0.3 is 5.32 Å². The number of amides is 1. The van der Waals surface area contributed by atoms with Crippen molar-refractivity contribution in [3.05, 3.63) is 39.7 Å². The van der Waals surface area contributed by atoms with E-state index in [2.05, 4.69) is 5.32 Å². The summed E-state index contributed by atoms with van der Waals surface area (Å²) in [5, 5.41) is 13.1. The average molecular weight is 316 g/mol. The number of halogens is 1. The number of benzene rings is 1. The number of hydrogen-bond acceptors (Lipinski definition) is 5. The van der Waals surface area contributed by atoms with E-state index in [4.69, 9.17) is 0 Å². The van der Waals surface area contributed by atoms with Crippen molar-refractivity contribution in [2.24, 2.45) is 0 Å². The maximum Gasteiger partial charge on any atom is 0.270 e. The first kappa shape index (κ1) is 15.4. The fraction of sp³-hybridized carbons (Fsp3) is 0.417. The second-order valence-corrected chi connectivity index (χ2v) is 7.12. The lowest BCUT2D eigenvalue weighted by Gasteiger charge is -2.23. The summed E-state index contributed by atoms with van der Waals surface area (Å²) < 4.78 is 36.1. The molecule has 1 saturated heterocycles. The van der Waals surface area contributed by atoms with Gasteiger partial charge in [-0.3, -0.25) is 14.9 Å². The van der Waals surface area contributed by atoms with Crippen LogP contribution in [0.2, 0.25) is 0 Å². The standard InChI is InChI=1S/C12H13FN2O5S/c13-11-2-1-9(15(17)18)7-10(11)12(16)14-8-3-5-21(19,20)6-4-8/h1-2,7-8H,3-6H2,(H,14,16). The zero-order chi connectivity index (χ0) is 15.6. The summed E-state index contributed by atoms with van der Waals surface area (Å²) >= 11 is 0. The molecular weight excluding hydrogens is 303 g/mol. The van der Waals surface area contributed by atoms with E-state index < -0.39 is 32.0 Å². The molecule has 1 aromatic rings. The van der Waals surface area contributed by atoms with Crippen molar-refractivity contribution in [3.8, 4) is 0 Å². The number of carbonyl (C=O) groups excluding carboxylic acids is 1. The summed E-state index contributed by atoms with van der Waals surface area (Å²) in [6.45, 7) is 0. The van der Waals surface area contributed by atoms with Crippen LogP contribution in [0.5, 0.6) is 0 Å². The lowest BCUT2D eigenvalue weighted by molar-refractivity contribution is -0.384. The normalized spacial score (nSPS) is 18.1. The molecule has 0 saturated carbocycles. The number of non-ortho nitro benzene ring substituents is 1. The molecule has 0 bridgehead atoms. The van der Waals surface area contributed by atoms with Crippen LogP contribution in [0.4, 0.5) is 10.1 Å². The first-order valence-electron chi connectivity index (χ1n) is 6.24. The first-order valence-corrected chi connectivity index (χ1v) is 8.06. The van der Waals surface area contributed by atoms with E-state index in [9.17, 15) is 27.7 Å². The zero-order valence-corrected chi connectivity index (χ0v) is 11.7. The summed E-state index contributed by atoms with van der Waals surface area (Å²) in [5.74, 6) is -1.70. The number of nitrogens with one attached hydrogen (secondary N) is 1. The van der Waals surface area contributed by atoms with E-state index in [-0.39, 0.29) is 36.1 Å². The molecule has 1 heterocycles. The largest absolute Gasteiger partial charge is 0.349 e. The maximum absolute atomic E-state index is 13.6. The van der Waals surface area contributed by atoms with Gasteiger partial charge in [-0.2, -0.15) is 0 Å². The summed E-state index contributed by atoms with van der Waals surface area (Å²) in [5.41, 5.74) is -0.801. The van der Waals surface area contributed by atoms with E-state index in [0.717, 1.165) is 18.2 Å². The van der Waals surface area contributed by atoms with E-state index in [1.807, 2.05) is 0 Å². The van der Waals surface area contributed by atoms with Crippen molar-refractivity contribution in [2.75, 3.05) is 11.5 Å². The minimum atomic E-state index is -3.06. The van der Waals surface area contributed by atoms with Crippen molar-refractivity contribution in [1.29, 1.82) is 0 Å². The van der Waals surface area contributed by atoms with Gasteiger partial charge in [0, 0.05) is 18.2 Å². The lowest BCUT2D eigenvalue weighted by Crippen LogP contribution is -2.41. The fourth-order valence-corrected chi connectivity index (χ4v) is 3.59. The molecule has 0 atom stereocenters. The van der Waals surface area contributed by atoms with Crippen LogP contribution in [-0.2, 0) is 9.84 Å². The van der Waals surface area contributed by atoms with Crippen LogP contribution in [0.15, 0.2) is 18.2 Å². The fourth-order valence-electron chi connectivity index (χ4n) is 2.10. The van der Waals surface area contributed by atoms with Gasteiger partial charge in [-0.15, -0.1) is 0 Å². The molecule has 9 heteroatoms. The molecule has 0 aliphatic carbocycles. The molecule has 114 valence electrons. The number of nitro groups is 1. The van der Waals surface area contributed by atoms with Crippen molar-refractivity contribution in [1.82, 2.24) is 5.32 Å². The third-order valence-corrected chi connectivity index (χ3v) is 5.01. The molecule has 0 aromatic heterocycles. The van der Waals surface area contributed by atoms with E-state index in [1.54, 1.807) is 0 Å². The minimum Gasteiger partial charge on any atom is -0.349 e. The number of carbonyl (C=O) groups is 1. The number of sulfone groups is 1. The van der Waals surface area contributed by atoms with Crippen LogP contribution in [0.1, 0.15) is 23.2 Å². The predicted octanol–water partition coefficient (Wildman–Crippen LogP) is 1.04. The Hall–Kier alpha value is -2.03. The number of nitro benzene ring substituents is 1. The smallest absolute Gasteiger partial charge is 0.270 e. The third kappa shape index (κ3) is 3.75. The van der Waals surface area contributed by atoms with E-state index in [1.165, 1.54) is 0 Å². The molecule has 1 aliphatic heterocycles. The van der Waals surface area contributed by atoms with E-state index >= 15 is 0 Å². The van der Waals surface area contributed by atoms with Gasteiger partial charge in [0.25, 0.3) is 11.6 Å². The molecule has 0 radical (unpaired) electrons. The highest BCUT2D eigenvalue weighted by molar-refractivity contribution is 7.91. The molecule has 1 aromatic carbocycles. The molecule has 7 nitrogen and oxygen atoms in total. The minimum absolute atomic E-state index is 0.0324. The van der Waals surface area contributed by atoms with Crippen molar-refractivity contribution in [3.63, 3.8) is 0 Å². The highest BCUT2D eigenvalue weighted by Gasteiger charge is 2.26. The lowest BCUT2D eigenvalue weighted by atomic mass is 10.1. The summed E-state index contributed by atoms with van der Waals surface area (Å²) in [4.78, 5) is 21.9. The van der Waals surface area contributed by atoms with Gasteiger partial charge in [0.15, 0.2) is 0 Å². The van der Waals surface area contributed by atoms with Gasteiger partial charge in [0.1, 0.15) is 15.7 Å². The molecule has 21 heavy (non-hydrogen) atoms. The Morgan fingerprint density at radius 3 is 2.52 bits per heavy atom. The van der Waals surface area contributed by atoms with Crippen LogP contribution in [0, 0.1) is 15.9 Å². The van der Waals surface area contributed by atoms with Crippen LogP contribution in [0.25, 0.3) is 0 Å². The molecule has 1 amide bonds. The topological polar surface area (TPSA) is 106 Å². The molecular formula is C12H13FN2O5S. The van der Waals surface area contributed by atoms with Crippen molar-refractivity contribution in [2.45, 2.75) is 18.9 Å². The number of hydrogen-bond donors (Lipinski definition) is 1. The van der Waals surface area contributed by atoms with Gasteiger partial charge in [-0.05, 0) is 18.9 Å². The second-order valence-electron chi connectivity index (χ2n) is 4.82. The highest BCUT2D eigenvalue weighted by Crippen LogP contribution is 2.18. The molecule has 1 aliphatic rings. The Bertz CT molecular complexity index is 675. The maximum atomic E-state index is 13.6. The van der Waals surface area contributed by atoms with Gasteiger partial charge in [0.2, 0.25) is 0 Å². The van der Waals surface area contributed by atoms with Gasteiger partial charge in [-0.25, -0.2) is 12.8 Å². The highest BCUT2D eigenvalue weighted by atomic mass is 32.2. The average Bonchev–Trinajstić information content (AvgIpc) is 2.41. The molecule has 1 N–H and O–H groups in total. The summed E-state index contributed by atoms with van der Waals surface area (Å²) in [7, 11) is -3.06. The SMILES string of the molecule is O=C(NC1CCS(=O)(=O)CC1)c1cc([N+](=O)[O-])ccc1F. The Morgan fingerprint density at radius 1 is 1.33 bits per heavy atom. The van der Waals surface area contributed by atoms with Crippen LogP contribution < -0.4 is 5.32 Å².